The molecule has 0 unspecified atom stereocenters. The first-order chi connectivity index (χ1) is 17.5. The van der Waals surface area contributed by atoms with Crippen molar-refractivity contribution in [3.63, 3.8) is 0 Å². The van der Waals surface area contributed by atoms with E-state index in [-0.39, 0.29) is 5.91 Å². The number of aromatic nitrogens is 4. The van der Waals surface area contributed by atoms with Crippen LogP contribution in [0, 0.1) is 6.92 Å². The zero-order valence-electron chi connectivity index (χ0n) is 20.7. The molecule has 36 heavy (non-hydrogen) atoms. The van der Waals surface area contributed by atoms with E-state index in [9.17, 15) is 4.79 Å². The Hall–Kier alpha value is -3.82. The maximum Gasteiger partial charge on any atom is 0.254 e. The molecule has 6 rings (SSSR count). The Balaban J connectivity index is 1.39. The van der Waals surface area contributed by atoms with Crippen molar-refractivity contribution >= 4 is 23.1 Å². The SMILES string of the molecule is Cc1cncc2ncc(-c3ccc(Nc4ccc([C@H]5CCOC5)c(CN(C)C)n4)c4c3CNC4=O)n12. The lowest BCUT2D eigenvalue weighted by Crippen LogP contribution is -2.16. The molecule has 1 aromatic carbocycles. The van der Waals surface area contributed by atoms with Gasteiger partial charge in [-0.15, -0.1) is 0 Å². The number of hydrogen-bond donors (Lipinski definition) is 2. The summed E-state index contributed by atoms with van der Waals surface area (Å²) in [5.41, 5.74) is 8.32. The molecule has 2 aliphatic heterocycles. The Morgan fingerprint density at radius 1 is 1.19 bits per heavy atom. The molecule has 1 atom stereocenters. The maximum absolute atomic E-state index is 12.9. The minimum absolute atomic E-state index is 0.0881. The summed E-state index contributed by atoms with van der Waals surface area (Å²) in [6.07, 6.45) is 6.42. The second-order valence-electron chi connectivity index (χ2n) is 9.74. The molecule has 4 aromatic rings. The number of rotatable bonds is 6. The van der Waals surface area contributed by atoms with Crippen LogP contribution in [0.4, 0.5) is 11.5 Å². The number of fused-ring (bicyclic) bond motifs is 2. The van der Waals surface area contributed by atoms with Crippen LogP contribution in [0.5, 0.6) is 0 Å². The number of hydrogen-bond acceptors (Lipinski definition) is 7. The van der Waals surface area contributed by atoms with Gasteiger partial charge in [0.05, 0.1) is 41.6 Å². The normalized spacial score (nSPS) is 17.1. The molecule has 0 spiro atoms. The summed E-state index contributed by atoms with van der Waals surface area (Å²) in [5.74, 6) is 1.01. The summed E-state index contributed by atoms with van der Waals surface area (Å²) in [6.45, 7) is 4.74. The summed E-state index contributed by atoms with van der Waals surface area (Å²) in [4.78, 5) is 28.8. The quantitative estimate of drug-likeness (QED) is 0.432. The molecule has 1 fully saturated rings. The largest absolute Gasteiger partial charge is 0.381 e. The summed E-state index contributed by atoms with van der Waals surface area (Å²) >= 11 is 0. The topological polar surface area (TPSA) is 96.7 Å². The third-order valence-electron chi connectivity index (χ3n) is 6.94. The Kier molecular flexibility index (Phi) is 5.66. The summed E-state index contributed by atoms with van der Waals surface area (Å²) in [6, 6.07) is 8.16. The second-order valence-corrected chi connectivity index (χ2v) is 9.74. The smallest absolute Gasteiger partial charge is 0.254 e. The lowest BCUT2D eigenvalue weighted by atomic mass is 9.96. The number of benzene rings is 1. The van der Waals surface area contributed by atoms with Crippen molar-refractivity contribution in [3.8, 4) is 11.3 Å². The highest BCUT2D eigenvalue weighted by Gasteiger charge is 2.28. The predicted molar refractivity (Wildman–Crippen MR) is 137 cm³/mol. The van der Waals surface area contributed by atoms with E-state index in [1.807, 2.05) is 45.5 Å². The van der Waals surface area contributed by atoms with Crippen molar-refractivity contribution in [2.45, 2.75) is 32.4 Å². The highest BCUT2D eigenvalue weighted by molar-refractivity contribution is 6.06. The minimum Gasteiger partial charge on any atom is -0.381 e. The number of carbonyl (C=O) groups is 1. The summed E-state index contributed by atoms with van der Waals surface area (Å²) in [5, 5.41) is 6.43. The molecular formula is C27H29N7O2. The fourth-order valence-corrected chi connectivity index (χ4v) is 5.28. The van der Waals surface area contributed by atoms with Gasteiger partial charge in [-0.1, -0.05) is 12.1 Å². The zero-order valence-corrected chi connectivity index (χ0v) is 20.7. The van der Waals surface area contributed by atoms with Gasteiger partial charge in [-0.2, -0.15) is 0 Å². The number of aryl methyl sites for hydroxylation is 1. The summed E-state index contributed by atoms with van der Waals surface area (Å²) < 4.78 is 7.69. The van der Waals surface area contributed by atoms with Crippen molar-refractivity contribution in [2.75, 3.05) is 32.6 Å². The first-order valence-electron chi connectivity index (χ1n) is 12.2. The van der Waals surface area contributed by atoms with Crippen molar-refractivity contribution in [1.82, 2.24) is 29.6 Å². The first-order valence-corrected chi connectivity index (χ1v) is 12.2. The van der Waals surface area contributed by atoms with Gasteiger partial charge in [0.1, 0.15) is 5.82 Å². The molecule has 9 nitrogen and oxygen atoms in total. The molecule has 5 heterocycles. The van der Waals surface area contributed by atoms with E-state index in [1.165, 1.54) is 5.56 Å². The molecular weight excluding hydrogens is 454 g/mol. The van der Waals surface area contributed by atoms with E-state index in [2.05, 4.69) is 42.0 Å². The standard InChI is InChI=1S/C27H29N7O2/c1-16-10-28-13-25-29-12-23(34(16)25)19-4-6-21(26-20(19)11-30-27(26)35)31-24-7-5-18(17-8-9-36-15-17)22(32-24)14-33(2)3/h4-7,10,12-13,17H,8-9,11,14-15H2,1-3H3,(H,30,35)(H,31,32)/t17-/m0/s1. The third-order valence-corrected chi connectivity index (χ3v) is 6.94. The highest BCUT2D eigenvalue weighted by atomic mass is 16.5. The monoisotopic (exact) mass is 483 g/mol. The van der Waals surface area contributed by atoms with Crippen LogP contribution in [0.2, 0.25) is 0 Å². The van der Waals surface area contributed by atoms with Crippen LogP contribution < -0.4 is 10.6 Å². The average molecular weight is 484 g/mol. The van der Waals surface area contributed by atoms with Gasteiger partial charge >= 0.3 is 0 Å². The van der Waals surface area contributed by atoms with E-state index in [0.29, 0.717) is 18.0 Å². The molecule has 184 valence electrons. The number of pyridine rings is 1. The fraction of sp³-hybridized carbons (Fsp3) is 0.333. The van der Waals surface area contributed by atoms with Crippen LogP contribution in [0.1, 0.15) is 45.2 Å². The van der Waals surface area contributed by atoms with Crippen LogP contribution in [0.15, 0.2) is 42.9 Å². The van der Waals surface area contributed by atoms with Crippen molar-refractivity contribution in [2.24, 2.45) is 0 Å². The Bertz CT molecular complexity index is 1470. The van der Waals surface area contributed by atoms with E-state index in [0.717, 1.165) is 71.5 Å². The van der Waals surface area contributed by atoms with E-state index >= 15 is 0 Å². The van der Waals surface area contributed by atoms with Crippen molar-refractivity contribution < 1.29 is 9.53 Å². The number of carbonyl (C=O) groups excluding carboxylic acids is 1. The fourth-order valence-electron chi connectivity index (χ4n) is 5.28. The molecule has 0 bridgehead atoms. The van der Waals surface area contributed by atoms with Gasteiger partial charge in [-0.3, -0.25) is 14.2 Å². The number of nitrogens with one attached hydrogen (secondary N) is 2. The second kappa shape index (κ2) is 9.00. The maximum atomic E-state index is 12.9. The molecule has 1 amide bonds. The number of ether oxygens (including phenoxy) is 1. The Morgan fingerprint density at radius 3 is 2.89 bits per heavy atom. The lowest BCUT2D eigenvalue weighted by molar-refractivity contribution is 0.0966. The third kappa shape index (κ3) is 3.90. The number of amides is 1. The van der Waals surface area contributed by atoms with Crippen LogP contribution in [-0.4, -0.2) is 57.5 Å². The first kappa shape index (κ1) is 22.6. The molecule has 2 N–H and O–H groups in total. The zero-order chi connectivity index (χ0) is 24.8. The molecule has 0 aliphatic carbocycles. The van der Waals surface area contributed by atoms with Crippen LogP contribution in [0.3, 0.4) is 0 Å². The number of imidazole rings is 1. The molecule has 1 saturated heterocycles. The molecule has 0 saturated carbocycles. The van der Waals surface area contributed by atoms with Gasteiger partial charge < -0.3 is 20.3 Å². The van der Waals surface area contributed by atoms with Crippen molar-refractivity contribution in [3.05, 3.63) is 70.9 Å². The van der Waals surface area contributed by atoms with Crippen LogP contribution in [-0.2, 0) is 17.8 Å². The number of anilines is 2. The van der Waals surface area contributed by atoms with Gasteiger partial charge in [0.2, 0.25) is 0 Å². The van der Waals surface area contributed by atoms with E-state index in [1.54, 1.807) is 6.20 Å². The minimum atomic E-state index is -0.0881. The molecule has 9 heteroatoms. The van der Waals surface area contributed by atoms with Gasteiger partial charge in [0.25, 0.3) is 5.91 Å². The van der Waals surface area contributed by atoms with Gasteiger partial charge in [0, 0.05) is 43.1 Å². The predicted octanol–water partition coefficient (Wildman–Crippen LogP) is 3.65. The Labute approximate surface area is 209 Å². The van der Waals surface area contributed by atoms with E-state index < -0.39 is 0 Å². The molecule has 3 aromatic heterocycles. The lowest BCUT2D eigenvalue weighted by Gasteiger charge is -2.19. The van der Waals surface area contributed by atoms with Gasteiger partial charge in [-0.25, -0.2) is 9.97 Å². The van der Waals surface area contributed by atoms with Crippen LogP contribution in [0.25, 0.3) is 16.9 Å². The van der Waals surface area contributed by atoms with E-state index in [4.69, 9.17) is 9.72 Å². The van der Waals surface area contributed by atoms with Gasteiger partial charge in [0.15, 0.2) is 5.65 Å². The highest BCUT2D eigenvalue weighted by Crippen LogP contribution is 2.36. The summed E-state index contributed by atoms with van der Waals surface area (Å²) in [7, 11) is 4.09. The van der Waals surface area contributed by atoms with Crippen molar-refractivity contribution in [1.29, 1.82) is 0 Å². The molecule has 0 radical (unpaired) electrons. The van der Waals surface area contributed by atoms with Gasteiger partial charge in [-0.05, 0) is 50.7 Å². The molecule has 2 aliphatic rings. The average Bonchev–Trinajstić information content (AvgIpc) is 3.60. The Morgan fingerprint density at radius 2 is 2.08 bits per heavy atom. The van der Waals surface area contributed by atoms with Crippen LogP contribution >= 0.6 is 0 Å². The number of nitrogens with zero attached hydrogens (tertiary/aromatic N) is 5.